The van der Waals surface area contributed by atoms with E-state index in [0.717, 1.165) is 22.0 Å². The molecule has 0 radical (unpaired) electrons. The number of hydrogen-bond acceptors (Lipinski definition) is 3. The minimum absolute atomic E-state index is 0.137. The first kappa shape index (κ1) is 18.8. The Morgan fingerprint density at radius 3 is 2.63 bits per heavy atom. The monoisotopic (exact) mass is 381 g/mol. The molecule has 0 saturated carbocycles. The second kappa shape index (κ2) is 7.73. The van der Waals surface area contributed by atoms with Crippen molar-refractivity contribution in [3.05, 3.63) is 70.1 Å². The van der Waals surface area contributed by atoms with Crippen LogP contribution in [0.2, 0.25) is 5.15 Å². The number of carbonyl (C=O) groups is 1. The van der Waals surface area contributed by atoms with Gasteiger partial charge in [-0.2, -0.15) is 5.26 Å². The lowest BCUT2D eigenvalue weighted by atomic mass is 9.98. The normalized spacial score (nSPS) is 11.8. The fourth-order valence-electron chi connectivity index (χ4n) is 3.00. The lowest BCUT2D eigenvalue weighted by Crippen LogP contribution is -2.23. The van der Waals surface area contributed by atoms with Crippen LogP contribution in [0.5, 0.6) is 0 Å². The molecule has 2 aromatic carbocycles. The van der Waals surface area contributed by atoms with Crippen LogP contribution in [-0.2, 0) is 11.2 Å². The topological polar surface area (TPSA) is 65.8 Å². The Bertz CT molecular complexity index is 1060. The largest absolute Gasteiger partial charge is 0.325 e. The van der Waals surface area contributed by atoms with E-state index in [9.17, 15) is 14.4 Å². The van der Waals surface area contributed by atoms with Gasteiger partial charge in [-0.25, -0.2) is 9.37 Å². The van der Waals surface area contributed by atoms with Crippen LogP contribution in [-0.4, -0.2) is 10.9 Å². The van der Waals surface area contributed by atoms with Crippen molar-refractivity contribution in [2.24, 2.45) is 5.92 Å². The smallest absolute Gasteiger partial charge is 0.242 e. The number of hydrogen-bond donors (Lipinski definition) is 1. The molecule has 3 rings (SSSR count). The van der Waals surface area contributed by atoms with Crippen LogP contribution >= 0.6 is 11.6 Å². The number of pyridine rings is 1. The molecule has 1 amide bonds. The average Bonchev–Trinajstić information content (AvgIpc) is 2.62. The van der Waals surface area contributed by atoms with Crippen LogP contribution in [0.25, 0.3) is 10.9 Å². The molecule has 0 aliphatic heterocycles. The van der Waals surface area contributed by atoms with E-state index in [-0.39, 0.29) is 11.6 Å². The van der Waals surface area contributed by atoms with Crippen LogP contribution in [0, 0.1) is 36.9 Å². The highest BCUT2D eigenvalue weighted by atomic mass is 35.5. The number of amides is 1. The number of rotatable bonds is 4. The van der Waals surface area contributed by atoms with E-state index in [2.05, 4.69) is 10.3 Å². The average molecular weight is 382 g/mol. The highest BCUT2D eigenvalue weighted by Crippen LogP contribution is 2.26. The van der Waals surface area contributed by atoms with Crippen LogP contribution < -0.4 is 5.32 Å². The second-order valence-electron chi connectivity index (χ2n) is 6.47. The predicted molar refractivity (Wildman–Crippen MR) is 104 cm³/mol. The lowest BCUT2D eigenvalue weighted by molar-refractivity contribution is -0.118. The van der Waals surface area contributed by atoms with E-state index in [1.54, 1.807) is 0 Å². The summed E-state index contributed by atoms with van der Waals surface area (Å²) in [5.74, 6) is -1.82. The summed E-state index contributed by atoms with van der Waals surface area (Å²) >= 11 is 6.30. The molecule has 0 aliphatic carbocycles. The maximum atomic E-state index is 13.0. The number of nitrogens with zero attached hydrogens (tertiary/aromatic N) is 2. The first-order valence-electron chi connectivity index (χ1n) is 8.40. The van der Waals surface area contributed by atoms with E-state index in [1.165, 1.54) is 24.3 Å². The summed E-state index contributed by atoms with van der Waals surface area (Å²) in [6, 6.07) is 13.3. The second-order valence-corrected chi connectivity index (χ2v) is 6.83. The van der Waals surface area contributed by atoms with Crippen LogP contribution in [0.4, 0.5) is 10.1 Å². The summed E-state index contributed by atoms with van der Waals surface area (Å²) in [7, 11) is 0. The maximum absolute atomic E-state index is 13.0. The summed E-state index contributed by atoms with van der Waals surface area (Å²) in [6.45, 7) is 3.96. The minimum Gasteiger partial charge on any atom is -0.325 e. The summed E-state index contributed by atoms with van der Waals surface area (Å²) < 4.78 is 13.0. The van der Waals surface area contributed by atoms with Gasteiger partial charge in [0.05, 0.1) is 11.6 Å². The van der Waals surface area contributed by atoms with Gasteiger partial charge in [0.2, 0.25) is 5.91 Å². The standard InChI is InChI=1S/C21H17ClFN3O/c1-12-7-13(2)19-14(8-12)9-15(20(22)26-19)10-16(11-24)21(27)25-18-5-3-17(23)4-6-18/h3-9,16H,10H2,1-2H3,(H,25,27)/t16-/m1/s1. The number of aryl methyl sites for hydroxylation is 2. The third kappa shape index (κ3) is 4.24. The van der Waals surface area contributed by atoms with Gasteiger partial charge < -0.3 is 5.32 Å². The van der Waals surface area contributed by atoms with Gasteiger partial charge in [0, 0.05) is 17.5 Å². The van der Waals surface area contributed by atoms with E-state index < -0.39 is 17.6 Å². The molecule has 0 bridgehead atoms. The van der Waals surface area contributed by atoms with E-state index in [4.69, 9.17) is 11.6 Å². The fraction of sp³-hybridized carbons (Fsp3) is 0.190. The maximum Gasteiger partial charge on any atom is 0.242 e. The third-order valence-electron chi connectivity index (χ3n) is 4.29. The zero-order valence-corrected chi connectivity index (χ0v) is 15.6. The Balaban J connectivity index is 1.85. The zero-order valence-electron chi connectivity index (χ0n) is 14.9. The summed E-state index contributed by atoms with van der Waals surface area (Å²) in [5.41, 5.74) is 3.98. The molecule has 1 aromatic heterocycles. The van der Waals surface area contributed by atoms with Gasteiger partial charge in [-0.05, 0) is 61.4 Å². The van der Waals surface area contributed by atoms with Gasteiger partial charge in [-0.1, -0.05) is 23.2 Å². The molecule has 136 valence electrons. The first-order valence-corrected chi connectivity index (χ1v) is 8.77. The number of nitriles is 1. The molecule has 1 atom stereocenters. The first-order chi connectivity index (χ1) is 12.9. The Labute approximate surface area is 161 Å². The Morgan fingerprint density at radius 1 is 1.26 bits per heavy atom. The Hall–Kier alpha value is -2.97. The highest BCUT2D eigenvalue weighted by molar-refractivity contribution is 6.30. The third-order valence-corrected chi connectivity index (χ3v) is 4.61. The van der Waals surface area contributed by atoms with Crippen molar-refractivity contribution in [2.75, 3.05) is 5.32 Å². The highest BCUT2D eigenvalue weighted by Gasteiger charge is 2.21. The molecule has 3 aromatic rings. The van der Waals surface area contributed by atoms with Crippen molar-refractivity contribution in [2.45, 2.75) is 20.3 Å². The van der Waals surface area contributed by atoms with Crippen molar-refractivity contribution in [3.63, 3.8) is 0 Å². The van der Waals surface area contributed by atoms with Crippen molar-refractivity contribution < 1.29 is 9.18 Å². The number of benzene rings is 2. The zero-order chi connectivity index (χ0) is 19.6. The van der Waals surface area contributed by atoms with Crippen molar-refractivity contribution in [3.8, 4) is 6.07 Å². The number of carbonyl (C=O) groups excluding carboxylic acids is 1. The van der Waals surface area contributed by atoms with Gasteiger partial charge in [0.15, 0.2) is 0 Å². The predicted octanol–water partition coefficient (Wildman–Crippen LogP) is 4.97. The molecule has 27 heavy (non-hydrogen) atoms. The van der Waals surface area contributed by atoms with Gasteiger partial charge in [-0.3, -0.25) is 4.79 Å². The van der Waals surface area contributed by atoms with Crippen molar-refractivity contribution in [1.82, 2.24) is 4.98 Å². The number of anilines is 1. The SMILES string of the molecule is Cc1cc(C)c2nc(Cl)c(C[C@H](C#N)C(=O)Nc3ccc(F)cc3)cc2c1. The molecule has 0 saturated heterocycles. The molecule has 0 aliphatic rings. The number of nitrogens with one attached hydrogen (secondary N) is 1. The van der Waals surface area contributed by atoms with Gasteiger partial charge in [-0.15, -0.1) is 0 Å². The van der Waals surface area contributed by atoms with Crippen LogP contribution in [0.1, 0.15) is 16.7 Å². The minimum atomic E-state index is -0.947. The molecule has 0 unspecified atom stereocenters. The van der Waals surface area contributed by atoms with Crippen molar-refractivity contribution in [1.29, 1.82) is 5.26 Å². The molecular weight excluding hydrogens is 365 g/mol. The Morgan fingerprint density at radius 2 is 1.96 bits per heavy atom. The molecule has 1 N–H and O–H groups in total. The van der Waals surface area contributed by atoms with Gasteiger partial charge >= 0.3 is 0 Å². The number of halogens is 2. The van der Waals surface area contributed by atoms with Crippen LogP contribution in [0.3, 0.4) is 0 Å². The van der Waals surface area contributed by atoms with E-state index in [0.29, 0.717) is 11.3 Å². The molecular formula is C21H17ClFN3O. The summed E-state index contributed by atoms with van der Waals surface area (Å²) in [4.78, 5) is 16.9. The summed E-state index contributed by atoms with van der Waals surface area (Å²) in [5, 5.41) is 13.3. The molecule has 6 heteroatoms. The van der Waals surface area contributed by atoms with Gasteiger partial charge in [0.1, 0.15) is 16.9 Å². The number of aromatic nitrogens is 1. The number of fused-ring (bicyclic) bond motifs is 1. The van der Waals surface area contributed by atoms with Crippen LogP contribution in [0.15, 0.2) is 42.5 Å². The molecule has 4 nitrogen and oxygen atoms in total. The molecule has 0 fully saturated rings. The lowest BCUT2D eigenvalue weighted by Gasteiger charge is -2.13. The Kier molecular flexibility index (Phi) is 5.38. The molecule has 0 spiro atoms. The van der Waals surface area contributed by atoms with E-state index in [1.807, 2.05) is 38.1 Å². The fourth-order valence-corrected chi connectivity index (χ4v) is 3.21. The molecule has 1 heterocycles. The quantitative estimate of drug-likeness (QED) is 0.649. The van der Waals surface area contributed by atoms with Gasteiger partial charge in [0.25, 0.3) is 0 Å². The summed E-state index contributed by atoms with van der Waals surface area (Å²) in [6.07, 6.45) is 0.137. The van der Waals surface area contributed by atoms with E-state index >= 15 is 0 Å². The van der Waals surface area contributed by atoms with Crippen molar-refractivity contribution >= 4 is 34.1 Å².